The molecule has 6 nitrogen and oxygen atoms in total. The highest BCUT2D eigenvalue weighted by atomic mass is 127. The number of benzene rings is 3. The number of hydrogen-bond acceptors (Lipinski definition) is 5. The molecule has 6 rings (SSSR count). The van der Waals surface area contributed by atoms with Crippen LogP contribution in [0.1, 0.15) is 23.1 Å². The van der Waals surface area contributed by atoms with Crippen LogP contribution in [0.15, 0.2) is 54.7 Å². The van der Waals surface area contributed by atoms with E-state index in [4.69, 9.17) is 18.9 Å². The first-order valence-electron chi connectivity index (χ1n) is 12.9. The molecule has 3 heterocycles. The summed E-state index contributed by atoms with van der Waals surface area (Å²) < 4.78 is 25.3. The molecule has 0 fully saturated rings. The van der Waals surface area contributed by atoms with Crippen LogP contribution in [-0.4, -0.2) is 35.1 Å². The maximum absolute atomic E-state index is 5.85. The van der Waals surface area contributed by atoms with Crippen LogP contribution in [0.2, 0.25) is 0 Å². The lowest BCUT2D eigenvalue weighted by Gasteiger charge is -2.21. The number of anilines is 1. The highest BCUT2D eigenvalue weighted by Crippen LogP contribution is 2.43. The topological polar surface area (TPSA) is 44.0 Å². The Morgan fingerprint density at radius 1 is 0.895 bits per heavy atom. The lowest BCUT2D eigenvalue weighted by Crippen LogP contribution is -3.00. The average molecular weight is 625 g/mol. The predicted molar refractivity (Wildman–Crippen MR) is 145 cm³/mol. The molecule has 198 valence electrons. The summed E-state index contributed by atoms with van der Waals surface area (Å²) in [6, 6.07) is 17.4. The van der Waals surface area contributed by atoms with Crippen LogP contribution in [0.4, 0.5) is 5.69 Å². The highest BCUT2D eigenvalue weighted by Gasteiger charge is 2.32. The number of methoxy groups -OCH3 is 2. The molecule has 0 atom stereocenters. The van der Waals surface area contributed by atoms with Crippen LogP contribution in [0.3, 0.4) is 0 Å². The second-order valence-electron chi connectivity index (χ2n) is 9.94. The van der Waals surface area contributed by atoms with E-state index in [-0.39, 0.29) is 30.8 Å². The number of ether oxygens (including phenoxy) is 4. The van der Waals surface area contributed by atoms with Crippen molar-refractivity contribution in [1.29, 1.82) is 0 Å². The molecule has 0 amide bonds. The zero-order chi connectivity index (χ0) is 25.5. The molecule has 1 aromatic heterocycles. The van der Waals surface area contributed by atoms with Crippen molar-refractivity contribution < 1.29 is 47.5 Å². The minimum Gasteiger partial charge on any atom is -1.00 e. The third-order valence-corrected chi connectivity index (χ3v) is 7.59. The van der Waals surface area contributed by atoms with E-state index < -0.39 is 0 Å². The Morgan fingerprint density at radius 2 is 1.66 bits per heavy atom. The number of hydrogen-bond donors (Lipinski definition) is 0. The number of pyridine rings is 1. The molecule has 0 spiro atoms. The second kappa shape index (κ2) is 10.9. The van der Waals surface area contributed by atoms with Crippen LogP contribution < -0.4 is 52.4 Å². The Hall–Kier alpha value is -3.20. The number of rotatable bonds is 7. The van der Waals surface area contributed by atoms with Crippen molar-refractivity contribution in [2.24, 2.45) is 0 Å². The van der Waals surface area contributed by atoms with E-state index >= 15 is 0 Å². The van der Waals surface area contributed by atoms with Gasteiger partial charge in [-0.3, -0.25) is 0 Å². The van der Waals surface area contributed by atoms with Gasteiger partial charge in [0.1, 0.15) is 0 Å². The van der Waals surface area contributed by atoms with Gasteiger partial charge in [0.15, 0.2) is 35.7 Å². The van der Waals surface area contributed by atoms with Gasteiger partial charge in [0.05, 0.1) is 25.2 Å². The summed E-state index contributed by atoms with van der Waals surface area (Å²) in [5, 5.41) is 2.29. The molecule has 0 N–H and O–H groups in total. The van der Waals surface area contributed by atoms with Gasteiger partial charge in [0.25, 0.3) is 0 Å². The Morgan fingerprint density at radius 3 is 2.37 bits per heavy atom. The van der Waals surface area contributed by atoms with Gasteiger partial charge in [-0.2, -0.15) is 4.57 Å². The van der Waals surface area contributed by atoms with Gasteiger partial charge >= 0.3 is 0 Å². The van der Waals surface area contributed by atoms with Gasteiger partial charge in [-0.15, -0.1) is 0 Å². The van der Waals surface area contributed by atoms with Gasteiger partial charge in [0, 0.05) is 37.2 Å². The normalized spacial score (nSPS) is 12.9. The fourth-order valence-corrected chi connectivity index (χ4v) is 5.69. The lowest BCUT2D eigenvalue weighted by molar-refractivity contribution is -0.686. The standard InChI is InChI=1S/C31H33N2O4.HI/c1-32(2)22-10-8-20(9-11-22)6-5-7-24-23-12-13-27(34-3)31(35-4)26(23)18-33-15-14-21-16-28-29(37-19-36-28)17-25(21)30(24)33;/h8-13,16-18H,5-7,14-15,19H2,1-4H3;1H/q+1;/p-1. The van der Waals surface area contributed by atoms with Gasteiger partial charge in [-0.05, 0) is 66.8 Å². The van der Waals surface area contributed by atoms with Gasteiger partial charge in [0.2, 0.25) is 12.5 Å². The Bertz CT molecular complexity index is 1480. The first-order chi connectivity index (χ1) is 18.1. The Kier molecular flexibility index (Phi) is 7.56. The zero-order valence-electron chi connectivity index (χ0n) is 22.3. The first-order valence-corrected chi connectivity index (χ1v) is 12.9. The van der Waals surface area contributed by atoms with Crippen LogP contribution in [0, 0.1) is 0 Å². The largest absolute Gasteiger partial charge is 1.00 e. The van der Waals surface area contributed by atoms with Gasteiger partial charge < -0.3 is 47.8 Å². The summed E-state index contributed by atoms with van der Waals surface area (Å²) in [7, 11) is 7.55. The van der Waals surface area contributed by atoms with Gasteiger partial charge in [-0.1, -0.05) is 12.1 Å². The molecule has 0 radical (unpaired) electrons. The number of aryl methyl sites for hydroxylation is 4. The van der Waals surface area contributed by atoms with Crippen LogP contribution >= 0.6 is 0 Å². The zero-order valence-corrected chi connectivity index (χ0v) is 24.5. The fraction of sp³-hybridized carbons (Fsp3) is 0.323. The van der Waals surface area contributed by atoms with Crippen molar-refractivity contribution in [1.82, 2.24) is 0 Å². The average Bonchev–Trinajstić information content (AvgIpc) is 3.38. The van der Waals surface area contributed by atoms with Crippen LogP contribution in [-0.2, 0) is 25.8 Å². The number of nitrogens with zero attached hydrogens (tertiary/aromatic N) is 2. The van der Waals surface area contributed by atoms with E-state index in [2.05, 4.69) is 72.2 Å². The third kappa shape index (κ3) is 4.61. The quantitative estimate of drug-likeness (QED) is 0.234. The summed E-state index contributed by atoms with van der Waals surface area (Å²) in [5.41, 5.74) is 7.72. The van der Waals surface area contributed by atoms with E-state index in [0.717, 1.165) is 60.6 Å². The molecule has 4 aromatic rings. The van der Waals surface area contributed by atoms with E-state index in [1.807, 2.05) is 6.07 Å². The molecule has 0 bridgehead atoms. The second-order valence-corrected chi connectivity index (χ2v) is 9.94. The molecule has 7 heteroatoms. The summed E-state index contributed by atoms with van der Waals surface area (Å²) in [5.74, 6) is 3.21. The summed E-state index contributed by atoms with van der Waals surface area (Å²) in [6.07, 6.45) is 6.18. The van der Waals surface area contributed by atoms with Gasteiger partial charge in [-0.25, -0.2) is 0 Å². The van der Waals surface area contributed by atoms with Crippen molar-refractivity contribution in [3.05, 3.63) is 71.4 Å². The van der Waals surface area contributed by atoms with E-state index in [1.165, 1.54) is 39.0 Å². The maximum Gasteiger partial charge on any atom is 0.231 e. The monoisotopic (exact) mass is 624 g/mol. The predicted octanol–water partition coefficient (Wildman–Crippen LogP) is 2.34. The van der Waals surface area contributed by atoms with E-state index in [1.54, 1.807) is 14.2 Å². The van der Waals surface area contributed by atoms with Crippen molar-refractivity contribution in [3.8, 4) is 34.3 Å². The smallest absolute Gasteiger partial charge is 0.231 e. The summed E-state index contributed by atoms with van der Waals surface area (Å²) >= 11 is 0. The fourth-order valence-electron chi connectivity index (χ4n) is 5.69. The Balaban J connectivity index is 0.00000294. The summed E-state index contributed by atoms with van der Waals surface area (Å²) in [4.78, 5) is 2.13. The highest BCUT2D eigenvalue weighted by molar-refractivity contribution is 5.95. The van der Waals surface area contributed by atoms with Crippen molar-refractivity contribution in [2.75, 3.05) is 40.0 Å². The van der Waals surface area contributed by atoms with Crippen LogP contribution in [0.25, 0.3) is 22.0 Å². The third-order valence-electron chi connectivity index (χ3n) is 7.59. The Labute approximate surface area is 241 Å². The summed E-state index contributed by atoms with van der Waals surface area (Å²) in [6.45, 7) is 1.18. The molecular formula is C31H33IN2O4. The first kappa shape index (κ1) is 26.4. The minimum atomic E-state index is 0. The van der Waals surface area contributed by atoms with E-state index in [0.29, 0.717) is 0 Å². The number of aromatic nitrogens is 1. The molecule has 2 aliphatic rings. The molecule has 0 saturated carbocycles. The van der Waals surface area contributed by atoms with E-state index in [9.17, 15) is 0 Å². The number of fused-ring (bicyclic) bond motifs is 5. The molecule has 38 heavy (non-hydrogen) atoms. The lowest BCUT2D eigenvalue weighted by atomic mass is 9.89. The molecule has 0 aliphatic carbocycles. The van der Waals surface area contributed by atoms with Crippen molar-refractivity contribution in [2.45, 2.75) is 32.2 Å². The molecule has 3 aromatic carbocycles. The van der Waals surface area contributed by atoms with Crippen molar-refractivity contribution in [3.63, 3.8) is 0 Å². The minimum absolute atomic E-state index is 0. The molecule has 0 unspecified atom stereocenters. The van der Waals surface area contributed by atoms with Crippen LogP contribution in [0.5, 0.6) is 23.0 Å². The molecule has 0 saturated heterocycles. The van der Waals surface area contributed by atoms with Crippen molar-refractivity contribution >= 4 is 16.5 Å². The number of halogens is 1. The molecular weight excluding hydrogens is 591 g/mol. The molecule has 2 aliphatic heterocycles. The SMILES string of the molecule is COc1ccc2c(CCCc3ccc(N(C)C)cc3)c3[n+](cc2c1OC)CCc1cc2c(cc1-3)OCO2.[I-]. The maximum atomic E-state index is 5.85.